The van der Waals surface area contributed by atoms with Crippen LogP contribution in [-0.2, 0) is 13.6 Å². The monoisotopic (exact) mass is 319 g/mol. The fourth-order valence-corrected chi connectivity index (χ4v) is 2.68. The number of hydrogen-bond donors (Lipinski definition) is 1. The van der Waals surface area contributed by atoms with Gasteiger partial charge in [-0.25, -0.2) is 0 Å². The summed E-state index contributed by atoms with van der Waals surface area (Å²) < 4.78 is 5.67. The van der Waals surface area contributed by atoms with Crippen molar-refractivity contribution in [2.24, 2.45) is 7.05 Å². The van der Waals surface area contributed by atoms with Gasteiger partial charge < -0.3 is 0 Å². The van der Waals surface area contributed by atoms with Crippen LogP contribution >= 0.6 is 23.1 Å². The molecule has 0 saturated heterocycles. The van der Waals surface area contributed by atoms with Gasteiger partial charge in [-0.15, -0.1) is 5.10 Å². The second-order valence-corrected chi connectivity index (χ2v) is 5.72. The fourth-order valence-electron chi connectivity index (χ4n) is 2.10. The number of nitrogens with one attached hydrogen (secondary N) is 1. The van der Waals surface area contributed by atoms with Crippen LogP contribution in [0.1, 0.15) is 23.0 Å². The van der Waals surface area contributed by atoms with Crippen LogP contribution in [0.2, 0.25) is 5.02 Å². The Morgan fingerprint density at radius 1 is 1.29 bits per heavy atom. The van der Waals surface area contributed by atoms with E-state index in [1.807, 2.05) is 49.0 Å². The van der Waals surface area contributed by atoms with Crippen molar-refractivity contribution >= 4 is 23.1 Å². The van der Waals surface area contributed by atoms with E-state index in [2.05, 4.69) is 20.0 Å². The molecule has 1 aromatic carbocycles. The fraction of sp³-hybridized carbons (Fsp3) is 0.214. The first-order valence-corrected chi connectivity index (χ1v) is 7.68. The zero-order valence-corrected chi connectivity index (χ0v) is 13.0. The van der Waals surface area contributed by atoms with Crippen LogP contribution in [0.4, 0.5) is 0 Å². The summed E-state index contributed by atoms with van der Waals surface area (Å²) in [5, 5.41) is 14.7. The van der Waals surface area contributed by atoms with E-state index in [1.54, 1.807) is 4.68 Å². The highest BCUT2D eigenvalue weighted by molar-refractivity contribution is 7.03. The smallest absolute Gasteiger partial charge is 0.0893 e. The number of hydrogen-bond acceptors (Lipinski definition) is 5. The molecule has 1 N–H and O–H groups in total. The quantitative estimate of drug-likeness (QED) is 0.785. The van der Waals surface area contributed by atoms with Crippen molar-refractivity contribution in [2.45, 2.75) is 12.6 Å². The van der Waals surface area contributed by atoms with Gasteiger partial charge in [-0.05, 0) is 35.3 Å². The first kappa shape index (κ1) is 14.2. The lowest BCUT2D eigenvalue weighted by atomic mass is 10.0. The third-order valence-corrected chi connectivity index (χ3v) is 3.93. The maximum atomic E-state index is 5.97. The lowest BCUT2D eigenvalue weighted by molar-refractivity contribution is 0.572. The molecule has 0 aliphatic carbocycles. The second-order valence-electron chi connectivity index (χ2n) is 4.68. The number of aryl methyl sites for hydroxylation is 1. The molecule has 7 heteroatoms. The molecule has 0 aliphatic heterocycles. The van der Waals surface area contributed by atoms with Gasteiger partial charge in [-0.1, -0.05) is 28.2 Å². The third kappa shape index (κ3) is 3.47. The molecular weight excluding hydrogens is 306 g/mol. The zero-order chi connectivity index (χ0) is 14.7. The highest BCUT2D eigenvalue weighted by Crippen LogP contribution is 2.22. The number of nitrogens with zero attached hydrogens (tertiary/aromatic N) is 4. The minimum Gasteiger partial charge on any atom is -0.299 e. The Bertz CT molecular complexity index is 692. The standard InChI is InChI=1S/C14H14ClN5S/c1-20-7-6-13(18-20)14(10-2-4-11(15)5-3-10)16-8-12-9-21-19-17-12/h2-7,9,14,16H,8H2,1H3/t14-/m1/s1. The molecule has 2 aromatic heterocycles. The maximum absolute atomic E-state index is 5.97. The Morgan fingerprint density at radius 2 is 2.10 bits per heavy atom. The van der Waals surface area contributed by atoms with Crippen molar-refractivity contribution < 1.29 is 0 Å². The van der Waals surface area contributed by atoms with Crippen LogP contribution in [0.5, 0.6) is 0 Å². The molecule has 21 heavy (non-hydrogen) atoms. The summed E-state index contributed by atoms with van der Waals surface area (Å²) in [6, 6.07) is 9.79. The first-order valence-electron chi connectivity index (χ1n) is 6.47. The number of benzene rings is 1. The predicted molar refractivity (Wildman–Crippen MR) is 83.3 cm³/mol. The largest absolute Gasteiger partial charge is 0.299 e. The maximum Gasteiger partial charge on any atom is 0.0893 e. The molecule has 0 amide bonds. The Balaban J connectivity index is 1.85. The van der Waals surface area contributed by atoms with Crippen molar-refractivity contribution in [1.29, 1.82) is 0 Å². The van der Waals surface area contributed by atoms with E-state index in [-0.39, 0.29) is 6.04 Å². The molecule has 0 aliphatic rings. The van der Waals surface area contributed by atoms with Crippen molar-refractivity contribution in [3.8, 4) is 0 Å². The van der Waals surface area contributed by atoms with Gasteiger partial charge in [0, 0.05) is 30.2 Å². The SMILES string of the molecule is Cn1ccc([C@H](NCc2csnn2)c2ccc(Cl)cc2)n1. The summed E-state index contributed by atoms with van der Waals surface area (Å²) in [5.74, 6) is 0. The molecule has 3 rings (SSSR count). The van der Waals surface area contributed by atoms with Gasteiger partial charge in [-0.3, -0.25) is 10.00 Å². The van der Waals surface area contributed by atoms with Crippen molar-refractivity contribution in [2.75, 3.05) is 0 Å². The highest BCUT2D eigenvalue weighted by Gasteiger charge is 2.16. The molecule has 108 valence electrons. The van der Waals surface area contributed by atoms with Crippen LogP contribution in [0.15, 0.2) is 41.9 Å². The van der Waals surface area contributed by atoms with Gasteiger partial charge in [0.25, 0.3) is 0 Å². The van der Waals surface area contributed by atoms with Gasteiger partial charge in [0.05, 0.1) is 17.4 Å². The van der Waals surface area contributed by atoms with E-state index in [4.69, 9.17) is 11.6 Å². The molecule has 0 fully saturated rings. The molecule has 2 heterocycles. The molecule has 5 nitrogen and oxygen atoms in total. The van der Waals surface area contributed by atoms with Gasteiger partial charge in [0.2, 0.25) is 0 Å². The van der Waals surface area contributed by atoms with Crippen LogP contribution in [0.25, 0.3) is 0 Å². The van der Waals surface area contributed by atoms with Crippen LogP contribution in [-0.4, -0.2) is 19.4 Å². The Labute approximate surface area is 131 Å². The van der Waals surface area contributed by atoms with Crippen LogP contribution in [0, 0.1) is 0 Å². The summed E-state index contributed by atoms with van der Waals surface area (Å²) >= 11 is 7.32. The van der Waals surface area contributed by atoms with E-state index in [0.717, 1.165) is 22.0 Å². The lowest BCUT2D eigenvalue weighted by Gasteiger charge is -2.16. The molecule has 0 radical (unpaired) electrons. The van der Waals surface area contributed by atoms with Gasteiger partial charge in [0.1, 0.15) is 0 Å². The van der Waals surface area contributed by atoms with Crippen molar-refractivity contribution in [3.05, 3.63) is 63.9 Å². The molecule has 1 atom stereocenters. The zero-order valence-electron chi connectivity index (χ0n) is 11.4. The summed E-state index contributed by atoms with van der Waals surface area (Å²) in [6.45, 7) is 0.639. The Morgan fingerprint density at radius 3 is 2.71 bits per heavy atom. The van der Waals surface area contributed by atoms with Crippen LogP contribution in [0.3, 0.4) is 0 Å². The first-order chi connectivity index (χ1) is 10.2. The van der Waals surface area contributed by atoms with Gasteiger partial charge >= 0.3 is 0 Å². The summed E-state index contributed by atoms with van der Waals surface area (Å²) in [7, 11) is 1.91. The average Bonchev–Trinajstić information content (AvgIpc) is 3.13. The number of aromatic nitrogens is 4. The predicted octanol–water partition coefficient (Wildman–Crippen LogP) is 2.80. The lowest BCUT2D eigenvalue weighted by Crippen LogP contribution is -2.23. The van der Waals surface area contributed by atoms with E-state index in [0.29, 0.717) is 6.54 Å². The van der Waals surface area contributed by atoms with Gasteiger partial charge in [-0.2, -0.15) is 5.10 Å². The van der Waals surface area contributed by atoms with Gasteiger partial charge in [0.15, 0.2) is 0 Å². The minimum absolute atomic E-state index is 0.00910. The molecule has 3 aromatic rings. The normalized spacial score (nSPS) is 12.5. The minimum atomic E-state index is -0.00910. The average molecular weight is 320 g/mol. The summed E-state index contributed by atoms with van der Waals surface area (Å²) in [4.78, 5) is 0. The molecule has 0 bridgehead atoms. The Hall–Kier alpha value is -1.76. The topological polar surface area (TPSA) is 55.6 Å². The molecule has 0 unspecified atom stereocenters. The molecular formula is C14H14ClN5S. The summed E-state index contributed by atoms with van der Waals surface area (Å²) in [6.07, 6.45) is 1.93. The Kier molecular flexibility index (Phi) is 4.28. The molecule has 0 saturated carbocycles. The third-order valence-electron chi connectivity index (χ3n) is 3.13. The molecule has 0 spiro atoms. The van der Waals surface area contributed by atoms with Crippen LogP contribution < -0.4 is 5.32 Å². The summed E-state index contributed by atoms with van der Waals surface area (Å²) in [5.41, 5.74) is 3.00. The number of halogens is 1. The second kappa shape index (κ2) is 6.34. The van der Waals surface area contributed by atoms with Crippen molar-refractivity contribution in [3.63, 3.8) is 0 Å². The van der Waals surface area contributed by atoms with E-state index in [9.17, 15) is 0 Å². The van der Waals surface area contributed by atoms with Crippen molar-refractivity contribution in [1.82, 2.24) is 24.7 Å². The van der Waals surface area contributed by atoms with E-state index >= 15 is 0 Å². The van der Waals surface area contributed by atoms with E-state index < -0.39 is 0 Å². The van der Waals surface area contributed by atoms with E-state index in [1.165, 1.54) is 11.5 Å². The highest BCUT2D eigenvalue weighted by atomic mass is 35.5. The number of rotatable bonds is 5.